The van der Waals surface area contributed by atoms with Crippen LogP contribution in [0.5, 0.6) is 5.75 Å². The van der Waals surface area contributed by atoms with Crippen molar-refractivity contribution in [1.82, 2.24) is 0 Å². The van der Waals surface area contributed by atoms with Crippen LogP contribution in [0.3, 0.4) is 0 Å². The van der Waals surface area contributed by atoms with Crippen LogP contribution in [0.4, 0.5) is 0 Å². The SMILES string of the molecule is COCCOCCOc1c(I)cc(C)c(C2OC3CCCCCCCC(CC3)O2)c1C. The average Bonchev–Trinajstić information content (AvgIpc) is 2.95. The lowest BCUT2D eigenvalue weighted by molar-refractivity contribution is -0.183. The molecule has 0 N–H and O–H groups in total. The van der Waals surface area contributed by atoms with E-state index in [4.69, 9.17) is 23.7 Å². The molecule has 2 bridgehead atoms. The van der Waals surface area contributed by atoms with Gasteiger partial charge in [0.25, 0.3) is 0 Å². The molecule has 1 heterocycles. The Kier molecular flexibility index (Phi) is 10.8. The minimum Gasteiger partial charge on any atom is -0.490 e. The molecule has 1 saturated heterocycles. The summed E-state index contributed by atoms with van der Waals surface area (Å²) in [7, 11) is 1.68. The number of ether oxygens (including phenoxy) is 5. The average molecular weight is 546 g/mol. The van der Waals surface area contributed by atoms with Crippen LogP contribution in [0.15, 0.2) is 6.07 Å². The maximum absolute atomic E-state index is 6.61. The van der Waals surface area contributed by atoms with Crippen molar-refractivity contribution in [2.24, 2.45) is 0 Å². The van der Waals surface area contributed by atoms with E-state index in [1.807, 2.05) is 0 Å². The zero-order valence-electron chi connectivity index (χ0n) is 19.4. The summed E-state index contributed by atoms with van der Waals surface area (Å²) in [5, 5.41) is 0. The Balaban J connectivity index is 1.76. The van der Waals surface area contributed by atoms with Crippen molar-refractivity contribution in [3.8, 4) is 5.75 Å². The van der Waals surface area contributed by atoms with Gasteiger partial charge in [-0.15, -0.1) is 0 Å². The van der Waals surface area contributed by atoms with E-state index in [1.165, 1.54) is 37.7 Å². The van der Waals surface area contributed by atoms with E-state index in [0.717, 1.165) is 46.1 Å². The summed E-state index contributed by atoms with van der Waals surface area (Å²) in [6.07, 6.45) is 11.2. The van der Waals surface area contributed by atoms with E-state index < -0.39 is 0 Å². The Morgan fingerprint density at radius 3 is 2.13 bits per heavy atom. The summed E-state index contributed by atoms with van der Waals surface area (Å²) in [6.45, 7) is 6.54. The third-order valence-corrected chi connectivity index (χ3v) is 7.17. The maximum Gasteiger partial charge on any atom is 0.185 e. The highest BCUT2D eigenvalue weighted by atomic mass is 127. The normalized spacial score (nSPS) is 25.1. The minimum absolute atomic E-state index is 0.282. The molecule has 0 spiro atoms. The second kappa shape index (κ2) is 13.3. The Hall–Kier alpha value is -0.410. The van der Waals surface area contributed by atoms with Gasteiger partial charge in [0.15, 0.2) is 6.29 Å². The van der Waals surface area contributed by atoms with Gasteiger partial charge < -0.3 is 23.7 Å². The molecule has 176 valence electrons. The molecule has 1 aromatic rings. The Labute approximate surface area is 201 Å². The molecule has 3 rings (SSSR count). The second-order valence-corrected chi connectivity index (χ2v) is 9.93. The van der Waals surface area contributed by atoms with Crippen LogP contribution in [-0.2, 0) is 18.9 Å². The molecular formula is C25H39IO5. The highest BCUT2D eigenvalue weighted by Gasteiger charge is 2.31. The van der Waals surface area contributed by atoms with Crippen molar-refractivity contribution in [2.45, 2.75) is 90.1 Å². The predicted octanol–water partition coefficient (Wildman–Crippen LogP) is 6.26. The summed E-state index contributed by atoms with van der Waals surface area (Å²) in [5.74, 6) is 0.919. The molecule has 31 heavy (non-hydrogen) atoms. The first-order valence-electron chi connectivity index (χ1n) is 11.9. The number of rotatable bonds is 8. The van der Waals surface area contributed by atoms with Crippen LogP contribution in [0.25, 0.3) is 0 Å². The van der Waals surface area contributed by atoms with Crippen LogP contribution in [0.1, 0.15) is 80.8 Å². The fourth-order valence-corrected chi connectivity index (χ4v) is 5.67. The zero-order valence-corrected chi connectivity index (χ0v) is 21.6. The third-order valence-electron chi connectivity index (χ3n) is 6.37. The van der Waals surface area contributed by atoms with Crippen molar-refractivity contribution in [3.05, 3.63) is 26.3 Å². The van der Waals surface area contributed by atoms with Crippen molar-refractivity contribution in [2.75, 3.05) is 33.5 Å². The number of hydrogen-bond acceptors (Lipinski definition) is 5. The summed E-state index contributed by atoms with van der Waals surface area (Å²) in [6, 6.07) is 2.19. The van der Waals surface area contributed by atoms with E-state index in [1.54, 1.807) is 7.11 Å². The molecule has 2 unspecified atom stereocenters. The molecular weight excluding hydrogens is 507 g/mol. The molecule has 0 radical (unpaired) electrons. The second-order valence-electron chi connectivity index (χ2n) is 8.77. The molecule has 1 saturated carbocycles. The van der Waals surface area contributed by atoms with Gasteiger partial charge in [0, 0.05) is 18.2 Å². The van der Waals surface area contributed by atoms with E-state index in [0.29, 0.717) is 26.4 Å². The van der Waals surface area contributed by atoms with Gasteiger partial charge in [-0.1, -0.05) is 32.1 Å². The molecule has 2 fully saturated rings. The van der Waals surface area contributed by atoms with Gasteiger partial charge in [0.2, 0.25) is 0 Å². The Morgan fingerprint density at radius 1 is 0.871 bits per heavy atom. The number of halogens is 1. The molecule has 0 amide bonds. The summed E-state index contributed by atoms with van der Waals surface area (Å²) >= 11 is 2.36. The van der Waals surface area contributed by atoms with Gasteiger partial charge in [-0.25, -0.2) is 0 Å². The molecule has 1 aliphatic heterocycles. The standard InChI is InChI=1S/C25H39IO5/c1-18-17-22(26)24(29-16-15-28-14-13-27-3)19(2)23(18)25-30-20-9-7-5-4-6-8-10-21(31-25)12-11-20/h17,20-21,25H,4-16H2,1-3H3. The maximum atomic E-state index is 6.61. The van der Waals surface area contributed by atoms with Crippen LogP contribution < -0.4 is 4.74 Å². The number of aryl methyl sites for hydroxylation is 1. The van der Waals surface area contributed by atoms with E-state index in [2.05, 4.69) is 42.5 Å². The summed E-state index contributed by atoms with van der Waals surface area (Å²) in [4.78, 5) is 0. The lowest BCUT2D eigenvalue weighted by Crippen LogP contribution is -2.20. The van der Waals surface area contributed by atoms with Crippen LogP contribution in [0.2, 0.25) is 0 Å². The first-order chi connectivity index (χ1) is 15.1. The lowest BCUT2D eigenvalue weighted by atomic mass is 10.0. The fourth-order valence-electron chi connectivity index (χ4n) is 4.64. The number of fused-ring (bicyclic) bond motifs is 3. The predicted molar refractivity (Wildman–Crippen MR) is 131 cm³/mol. The molecule has 5 nitrogen and oxygen atoms in total. The zero-order chi connectivity index (χ0) is 22.1. The summed E-state index contributed by atoms with van der Waals surface area (Å²) < 4.78 is 31.1. The molecule has 1 aromatic carbocycles. The summed E-state index contributed by atoms with van der Waals surface area (Å²) in [5.41, 5.74) is 3.48. The van der Waals surface area contributed by atoms with Gasteiger partial charge in [-0.3, -0.25) is 0 Å². The van der Waals surface area contributed by atoms with Gasteiger partial charge >= 0.3 is 0 Å². The number of hydrogen-bond donors (Lipinski definition) is 0. The quantitative estimate of drug-likeness (QED) is 0.285. The van der Waals surface area contributed by atoms with Crippen molar-refractivity contribution in [1.29, 1.82) is 0 Å². The lowest BCUT2D eigenvalue weighted by Gasteiger charge is -2.28. The largest absolute Gasteiger partial charge is 0.490 e. The van der Waals surface area contributed by atoms with Crippen molar-refractivity contribution >= 4 is 22.6 Å². The van der Waals surface area contributed by atoms with E-state index in [-0.39, 0.29) is 18.5 Å². The highest BCUT2D eigenvalue weighted by molar-refractivity contribution is 14.1. The van der Waals surface area contributed by atoms with Crippen LogP contribution in [-0.4, -0.2) is 45.7 Å². The first kappa shape index (κ1) is 25.2. The Bertz CT molecular complexity index is 662. The van der Waals surface area contributed by atoms with Gasteiger partial charge in [-0.2, -0.15) is 0 Å². The molecule has 2 aliphatic rings. The number of methoxy groups -OCH3 is 1. The third kappa shape index (κ3) is 7.56. The topological polar surface area (TPSA) is 46.2 Å². The van der Waals surface area contributed by atoms with Gasteiger partial charge in [-0.05, 0) is 73.8 Å². The fraction of sp³-hybridized carbons (Fsp3) is 0.760. The van der Waals surface area contributed by atoms with Crippen molar-refractivity contribution < 1.29 is 23.7 Å². The first-order valence-corrected chi connectivity index (χ1v) is 13.0. The highest BCUT2D eigenvalue weighted by Crippen LogP contribution is 2.40. The minimum atomic E-state index is -0.311. The van der Waals surface area contributed by atoms with Gasteiger partial charge in [0.1, 0.15) is 12.4 Å². The van der Waals surface area contributed by atoms with E-state index >= 15 is 0 Å². The smallest absolute Gasteiger partial charge is 0.185 e. The molecule has 2 atom stereocenters. The molecule has 1 aliphatic carbocycles. The van der Waals surface area contributed by atoms with Crippen molar-refractivity contribution in [3.63, 3.8) is 0 Å². The van der Waals surface area contributed by atoms with Crippen LogP contribution in [0, 0.1) is 17.4 Å². The monoisotopic (exact) mass is 546 g/mol. The molecule has 0 aromatic heterocycles. The van der Waals surface area contributed by atoms with Crippen LogP contribution >= 0.6 is 22.6 Å². The number of benzene rings is 1. The van der Waals surface area contributed by atoms with E-state index in [9.17, 15) is 0 Å². The van der Waals surface area contributed by atoms with Gasteiger partial charge in [0.05, 0.1) is 35.6 Å². The Morgan fingerprint density at radius 2 is 1.48 bits per heavy atom. The molecule has 6 heteroatoms.